The summed E-state index contributed by atoms with van der Waals surface area (Å²) in [6.45, 7) is 3.79. The summed E-state index contributed by atoms with van der Waals surface area (Å²) in [6, 6.07) is 7.68. The van der Waals surface area contributed by atoms with Gasteiger partial charge in [0, 0.05) is 18.0 Å². The summed E-state index contributed by atoms with van der Waals surface area (Å²) >= 11 is 6.21. The van der Waals surface area contributed by atoms with E-state index in [0.717, 1.165) is 24.0 Å². The predicted molar refractivity (Wildman–Crippen MR) is 87.6 cm³/mol. The van der Waals surface area contributed by atoms with Crippen molar-refractivity contribution in [2.24, 2.45) is 5.92 Å². The Morgan fingerprint density at radius 2 is 2.00 bits per heavy atom. The summed E-state index contributed by atoms with van der Waals surface area (Å²) in [6.07, 6.45) is 4.92. The van der Waals surface area contributed by atoms with Crippen molar-refractivity contribution in [3.05, 3.63) is 24.3 Å². The lowest BCUT2D eigenvalue weighted by Gasteiger charge is -2.39. The molecule has 2 atom stereocenters. The second kappa shape index (κ2) is 7.90. The Labute approximate surface area is 133 Å². The first-order valence-electron chi connectivity index (χ1n) is 7.75. The van der Waals surface area contributed by atoms with Crippen molar-refractivity contribution in [2.75, 3.05) is 26.1 Å². The molecule has 4 heteroatoms. The van der Waals surface area contributed by atoms with Gasteiger partial charge in [-0.25, -0.2) is 0 Å². The van der Waals surface area contributed by atoms with Crippen LogP contribution in [0.15, 0.2) is 24.3 Å². The highest BCUT2D eigenvalue weighted by atomic mass is 35.5. The van der Waals surface area contributed by atoms with Crippen LogP contribution in [0.5, 0.6) is 11.5 Å². The first-order valence-corrected chi connectivity index (χ1v) is 8.29. The Morgan fingerprint density at radius 1 is 1.29 bits per heavy atom. The van der Waals surface area contributed by atoms with Crippen LogP contribution >= 0.6 is 11.6 Å². The maximum Gasteiger partial charge on any atom is 0.119 e. The Balaban J connectivity index is 1.74. The third kappa shape index (κ3) is 4.79. The van der Waals surface area contributed by atoms with Crippen LogP contribution in [0.1, 0.15) is 32.6 Å². The molecule has 0 spiro atoms. The van der Waals surface area contributed by atoms with Crippen LogP contribution in [-0.4, -0.2) is 31.7 Å². The van der Waals surface area contributed by atoms with Gasteiger partial charge in [-0.1, -0.05) is 19.8 Å². The van der Waals surface area contributed by atoms with Crippen molar-refractivity contribution in [1.29, 1.82) is 0 Å². The molecule has 1 aromatic rings. The molecule has 0 radical (unpaired) electrons. The van der Waals surface area contributed by atoms with E-state index in [-0.39, 0.29) is 5.54 Å². The van der Waals surface area contributed by atoms with Crippen LogP contribution in [0, 0.1) is 5.92 Å². The van der Waals surface area contributed by atoms with E-state index < -0.39 is 0 Å². The van der Waals surface area contributed by atoms with Gasteiger partial charge in [0.25, 0.3) is 0 Å². The van der Waals surface area contributed by atoms with Crippen molar-refractivity contribution >= 4 is 11.6 Å². The molecule has 1 saturated carbocycles. The number of hydrogen-bond donors (Lipinski definition) is 1. The SMILES string of the molecule is COc1ccc(OCCNC2(CCl)CCCC(C)C2)cc1. The molecule has 0 aliphatic heterocycles. The van der Waals surface area contributed by atoms with Crippen molar-refractivity contribution in [3.8, 4) is 11.5 Å². The molecule has 1 aliphatic carbocycles. The average molecular weight is 312 g/mol. The van der Waals surface area contributed by atoms with E-state index in [1.54, 1.807) is 7.11 Å². The van der Waals surface area contributed by atoms with E-state index >= 15 is 0 Å². The van der Waals surface area contributed by atoms with Crippen LogP contribution < -0.4 is 14.8 Å². The zero-order chi connectivity index (χ0) is 15.1. The number of alkyl halides is 1. The topological polar surface area (TPSA) is 30.5 Å². The monoisotopic (exact) mass is 311 g/mol. The molecular formula is C17H26ClNO2. The third-order valence-corrected chi connectivity index (χ3v) is 4.79. The second-order valence-corrected chi connectivity index (χ2v) is 6.33. The molecular weight excluding hydrogens is 286 g/mol. The fraction of sp³-hybridized carbons (Fsp3) is 0.647. The second-order valence-electron chi connectivity index (χ2n) is 6.07. The minimum atomic E-state index is 0.0997. The van der Waals surface area contributed by atoms with Gasteiger partial charge >= 0.3 is 0 Å². The molecule has 0 saturated heterocycles. The van der Waals surface area contributed by atoms with Gasteiger partial charge < -0.3 is 14.8 Å². The average Bonchev–Trinajstić information content (AvgIpc) is 2.52. The number of benzene rings is 1. The highest BCUT2D eigenvalue weighted by Gasteiger charge is 2.33. The zero-order valence-corrected chi connectivity index (χ0v) is 13.8. The summed E-state index contributed by atoms with van der Waals surface area (Å²) in [4.78, 5) is 0. The summed E-state index contributed by atoms with van der Waals surface area (Å²) < 4.78 is 10.9. The Bertz CT molecular complexity index is 423. The lowest BCUT2D eigenvalue weighted by molar-refractivity contribution is 0.195. The predicted octanol–water partition coefficient (Wildman–Crippen LogP) is 3.85. The number of rotatable bonds is 7. The maximum absolute atomic E-state index is 6.21. The lowest BCUT2D eigenvalue weighted by Crippen LogP contribution is -2.51. The molecule has 0 bridgehead atoms. The fourth-order valence-corrected chi connectivity index (χ4v) is 3.48. The van der Waals surface area contributed by atoms with Crippen LogP contribution in [0.25, 0.3) is 0 Å². The molecule has 2 rings (SSSR count). The third-order valence-electron chi connectivity index (χ3n) is 4.28. The van der Waals surface area contributed by atoms with Crippen LogP contribution in [-0.2, 0) is 0 Å². The van der Waals surface area contributed by atoms with Crippen molar-refractivity contribution < 1.29 is 9.47 Å². The van der Waals surface area contributed by atoms with E-state index in [1.165, 1.54) is 25.7 Å². The fourth-order valence-electron chi connectivity index (χ4n) is 3.15. The Kier molecular flexibility index (Phi) is 6.19. The molecule has 1 aliphatic rings. The lowest BCUT2D eigenvalue weighted by atomic mass is 9.77. The van der Waals surface area contributed by atoms with E-state index in [4.69, 9.17) is 21.1 Å². The van der Waals surface area contributed by atoms with E-state index in [2.05, 4.69) is 12.2 Å². The Hall–Kier alpha value is -0.930. The highest BCUT2D eigenvalue weighted by molar-refractivity contribution is 6.18. The first-order chi connectivity index (χ1) is 10.2. The summed E-state index contributed by atoms with van der Waals surface area (Å²) in [7, 11) is 1.66. The van der Waals surface area contributed by atoms with E-state index in [1.807, 2.05) is 24.3 Å². The Morgan fingerprint density at radius 3 is 2.62 bits per heavy atom. The molecule has 0 aromatic heterocycles. The minimum Gasteiger partial charge on any atom is -0.497 e. The number of methoxy groups -OCH3 is 1. The molecule has 2 unspecified atom stereocenters. The van der Waals surface area contributed by atoms with Crippen LogP contribution in [0.4, 0.5) is 0 Å². The normalized spacial score (nSPS) is 25.6. The minimum absolute atomic E-state index is 0.0997. The summed E-state index contributed by atoms with van der Waals surface area (Å²) in [5, 5.41) is 3.63. The molecule has 1 aromatic carbocycles. The van der Waals surface area contributed by atoms with Gasteiger partial charge in [-0.2, -0.15) is 0 Å². The van der Waals surface area contributed by atoms with Crippen molar-refractivity contribution in [1.82, 2.24) is 5.32 Å². The van der Waals surface area contributed by atoms with Gasteiger partial charge in [0.1, 0.15) is 18.1 Å². The van der Waals surface area contributed by atoms with Gasteiger partial charge in [0.2, 0.25) is 0 Å². The van der Waals surface area contributed by atoms with Crippen LogP contribution in [0.3, 0.4) is 0 Å². The number of hydrogen-bond acceptors (Lipinski definition) is 3. The standard InChI is InChI=1S/C17H26ClNO2/c1-14-4-3-9-17(12-14,13-18)19-10-11-21-16-7-5-15(20-2)6-8-16/h5-8,14,19H,3-4,9-13H2,1-2H3. The molecule has 1 N–H and O–H groups in total. The maximum atomic E-state index is 6.21. The van der Waals surface area contributed by atoms with Crippen molar-refractivity contribution in [3.63, 3.8) is 0 Å². The van der Waals surface area contributed by atoms with Gasteiger partial charge in [-0.05, 0) is 43.0 Å². The van der Waals surface area contributed by atoms with E-state index in [0.29, 0.717) is 12.5 Å². The molecule has 0 amide bonds. The quantitative estimate of drug-likeness (QED) is 0.613. The zero-order valence-electron chi connectivity index (χ0n) is 13.0. The largest absolute Gasteiger partial charge is 0.497 e. The number of halogens is 1. The number of nitrogens with one attached hydrogen (secondary N) is 1. The summed E-state index contributed by atoms with van der Waals surface area (Å²) in [5.74, 6) is 3.15. The highest BCUT2D eigenvalue weighted by Crippen LogP contribution is 2.33. The molecule has 118 valence electrons. The molecule has 21 heavy (non-hydrogen) atoms. The molecule has 0 heterocycles. The molecule has 1 fully saturated rings. The van der Waals surface area contributed by atoms with Crippen molar-refractivity contribution in [2.45, 2.75) is 38.1 Å². The summed E-state index contributed by atoms with van der Waals surface area (Å²) in [5.41, 5.74) is 0.0997. The van der Waals surface area contributed by atoms with Gasteiger partial charge in [-0.3, -0.25) is 0 Å². The number of ether oxygens (including phenoxy) is 2. The van der Waals surface area contributed by atoms with Gasteiger partial charge in [-0.15, -0.1) is 11.6 Å². The van der Waals surface area contributed by atoms with Gasteiger partial charge in [0.15, 0.2) is 0 Å². The van der Waals surface area contributed by atoms with E-state index in [9.17, 15) is 0 Å². The van der Waals surface area contributed by atoms with Crippen LogP contribution in [0.2, 0.25) is 0 Å². The first kappa shape index (κ1) is 16.4. The van der Waals surface area contributed by atoms with Gasteiger partial charge in [0.05, 0.1) is 7.11 Å². The molecule has 3 nitrogen and oxygen atoms in total. The smallest absolute Gasteiger partial charge is 0.119 e.